The molecule has 0 N–H and O–H groups in total. The highest BCUT2D eigenvalue weighted by Gasteiger charge is 2.34. The SMILES string of the molecule is O=C(OCC(=O)N1N=C(c2cccs2)CC1c1cccs1)c1csc(-c2ccsc2)n1. The molecule has 1 aliphatic rings. The summed E-state index contributed by atoms with van der Waals surface area (Å²) in [4.78, 5) is 31.8. The number of thiophene rings is 3. The molecule has 0 fully saturated rings. The van der Waals surface area contributed by atoms with Crippen LogP contribution in [0.15, 0.2) is 62.3 Å². The molecular formula is C21H15N3O3S4. The number of nitrogens with zero attached hydrogens (tertiary/aromatic N) is 3. The van der Waals surface area contributed by atoms with Crippen LogP contribution in [0.4, 0.5) is 0 Å². The maximum atomic E-state index is 12.9. The lowest BCUT2D eigenvalue weighted by Gasteiger charge is -2.20. The summed E-state index contributed by atoms with van der Waals surface area (Å²) in [5, 5.41) is 16.3. The maximum Gasteiger partial charge on any atom is 0.358 e. The van der Waals surface area contributed by atoms with Crippen LogP contribution in [0.25, 0.3) is 10.6 Å². The third kappa shape index (κ3) is 4.24. The van der Waals surface area contributed by atoms with Gasteiger partial charge in [0.15, 0.2) is 12.3 Å². The quantitative estimate of drug-likeness (QED) is 0.337. The predicted octanol–water partition coefficient (Wildman–Crippen LogP) is 5.53. The summed E-state index contributed by atoms with van der Waals surface area (Å²) in [6, 6.07) is 9.68. The van der Waals surface area contributed by atoms with E-state index in [1.807, 2.05) is 51.9 Å². The third-order valence-corrected chi connectivity index (χ3v) is 8.12. The van der Waals surface area contributed by atoms with Crippen LogP contribution in [0.1, 0.15) is 32.7 Å². The van der Waals surface area contributed by atoms with E-state index in [0.717, 1.165) is 26.0 Å². The van der Waals surface area contributed by atoms with Gasteiger partial charge in [-0.25, -0.2) is 14.8 Å². The van der Waals surface area contributed by atoms with E-state index in [4.69, 9.17) is 4.74 Å². The number of carbonyl (C=O) groups is 2. The molecule has 0 aromatic carbocycles. The molecule has 0 spiro atoms. The van der Waals surface area contributed by atoms with Gasteiger partial charge < -0.3 is 4.74 Å². The summed E-state index contributed by atoms with van der Waals surface area (Å²) in [5.74, 6) is -0.966. The Hall–Kier alpha value is -2.66. The Morgan fingerprint density at radius 1 is 1.06 bits per heavy atom. The maximum absolute atomic E-state index is 12.9. The molecule has 31 heavy (non-hydrogen) atoms. The molecule has 0 saturated heterocycles. The van der Waals surface area contributed by atoms with E-state index in [0.29, 0.717) is 6.42 Å². The van der Waals surface area contributed by atoms with Gasteiger partial charge in [0.25, 0.3) is 5.91 Å². The highest BCUT2D eigenvalue weighted by Crippen LogP contribution is 2.36. The molecule has 0 aliphatic carbocycles. The van der Waals surface area contributed by atoms with Crippen molar-refractivity contribution in [3.05, 3.63) is 72.7 Å². The molecule has 6 nitrogen and oxygen atoms in total. The van der Waals surface area contributed by atoms with Gasteiger partial charge in [0, 0.05) is 27.6 Å². The molecule has 5 rings (SSSR count). The van der Waals surface area contributed by atoms with Crippen molar-refractivity contribution >= 4 is 62.9 Å². The van der Waals surface area contributed by atoms with E-state index in [9.17, 15) is 9.59 Å². The van der Waals surface area contributed by atoms with Crippen LogP contribution in [-0.2, 0) is 9.53 Å². The molecule has 1 aliphatic heterocycles. The number of esters is 1. The average molecular weight is 486 g/mol. The van der Waals surface area contributed by atoms with Crippen molar-refractivity contribution in [2.45, 2.75) is 12.5 Å². The van der Waals surface area contributed by atoms with Crippen LogP contribution in [-0.4, -0.2) is 34.2 Å². The number of carbonyl (C=O) groups excluding carboxylic acids is 2. The van der Waals surface area contributed by atoms with Gasteiger partial charge in [0.1, 0.15) is 5.01 Å². The summed E-state index contributed by atoms with van der Waals surface area (Å²) in [7, 11) is 0. The van der Waals surface area contributed by atoms with E-state index in [1.54, 1.807) is 39.4 Å². The van der Waals surface area contributed by atoms with Crippen LogP contribution in [0.5, 0.6) is 0 Å². The zero-order valence-electron chi connectivity index (χ0n) is 16.0. The Labute approximate surface area is 194 Å². The zero-order valence-corrected chi connectivity index (χ0v) is 19.2. The second-order valence-electron chi connectivity index (χ2n) is 6.62. The summed E-state index contributed by atoms with van der Waals surface area (Å²) in [6.07, 6.45) is 0.636. The van der Waals surface area contributed by atoms with E-state index in [-0.39, 0.29) is 24.2 Å². The fourth-order valence-electron chi connectivity index (χ4n) is 3.19. The van der Waals surface area contributed by atoms with Crippen molar-refractivity contribution in [1.82, 2.24) is 9.99 Å². The number of hydrazone groups is 1. The van der Waals surface area contributed by atoms with E-state index >= 15 is 0 Å². The average Bonchev–Trinajstić information content (AvgIpc) is 3.61. The normalized spacial score (nSPS) is 15.8. The minimum Gasteiger partial charge on any atom is -0.451 e. The Balaban J connectivity index is 1.28. The molecule has 4 aromatic heterocycles. The van der Waals surface area contributed by atoms with Gasteiger partial charge in [0.2, 0.25) is 0 Å². The molecule has 0 saturated carbocycles. The fourth-order valence-corrected chi connectivity index (χ4v) is 6.22. The first-order valence-corrected chi connectivity index (χ1v) is 12.9. The monoisotopic (exact) mass is 485 g/mol. The van der Waals surface area contributed by atoms with Crippen LogP contribution in [0.3, 0.4) is 0 Å². The van der Waals surface area contributed by atoms with Gasteiger partial charge in [-0.1, -0.05) is 12.1 Å². The van der Waals surface area contributed by atoms with Gasteiger partial charge in [-0.3, -0.25) is 4.79 Å². The Morgan fingerprint density at radius 3 is 2.68 bits per heavy atom. The molecule has 0 bridgehead atoms. The lowest BCUT2D eigenvalue weighted by atomic mass is 10.1. The Morgan fingerprint density at radius 2 is 1.94 bits per heavy atom. The molecule has 156 valence electrons. The zero-order chi connectivity index (χ0) is 21.2. The van der Waals surface area contributed by atoms with Gasteiger partial charge >= 0.3 is 5.97 Å². The number of aromatic nitrogens is 1. The lowest BCUT2D eigenvalue weighted by Crippen LogP contribution is -2.31. The highest BCUT2D eigenvalue weighted by molar-refractivity contribution is 7.14. The van der Waals surface area contributed by atoms with Crippen LogP contribution in [0, 0.1) is 0 Å². The van der Waals surface area contributed by atoms with Crippen LogP contribution >= 0.6 is 45.3 Å². The Bertz CT molecular complexity index is 1210. The van der Waals surface area contributed by atoms with Crippen molar-refractivity contribution in [1.29, 1.82) is 0 Å². The number of ether oxygens (including phenoxy) is 1. The molecule has 1 amide bonds. The number of thiazole rings is 1. The second-order valence-corrected chi connectivity index (χ2v) is 10.2. The summed E-state index contributed by atoms with van der Waals surface area (Å²) in [6.45, 7) is -0.382. The van der Waals surface area contributed by atoms with Gasteiger partial charge in [-0.05, 0) is 34.3 Å². The van der Waals surface area contributed by atoms with E-state index in [2.05, 4.69) is 10.1 Å². The van der Waals surface area contributed by atoms with E-state index in [1.165, 1.54) is 16.3 Å². The van der Waals surface area contributed by atoms with Gasteiger partial charge in [-0.15, -0.1) is 34.0 Å². The standard InChI is InChI=1S/C21H15N3O3S4/c25-19(10-27-21(26)15-12-31-20(22-15)13-5-8-28-11-13)24-16(18-4-2-7-30-18)9-14(23-24)17-3-1-6-29-17/h1-8,11-12,16H,9-10H2. The van der Waals surface area contributed by atoms with Gasteiger partial charge in [0.05, 0.1) is 16.6 Å². The van der Waals surface area contributed by atoms with Gasteiger partial charge in [-0.2, -0.15) is 16.4 Å². The lowest BCUT2D eigenvalue weighted by molar-refractivity contribution is -0.136. The minimum absolute atomic E-state index is 0.187. The molecule has 4 aromatic rings. The van der Waals surface area contributed by atoms with Crippen molar-refractivity contribution in [3.63, 3.8) is 0 Å². The fraction of sp³-hybridized carbons (Fsp3) is 0.143. The molecule has 0 radical (unpaired) electrons. The predicted molar refractivity (Wildman–Crippen MR) is 125 cm³/mol. The second kappa shape index (κ2) is 8.83. The summed E-state index contributed by atoms with van der Waals surface area (Å²) in [5.41, 5.74) is 2.04. The molecule has 10 heteroatoms. The highest BCUT2D eigenvalue weighted by atomic mass is 32.1. The smallest absolute Gasteiger partial charge is 0.358 e. The van der Waals surface area contributed by atoms with E-state index < -0.39 is 5.97 Å². The van der Waals surface area contributed by atoms with Crippen molar-refractivity contribution in [2.24, 2.45) is 5.10 Å². The number of hydrogen-bond acceptors (Lipinski definition) is 9. The van der Waals surface area contributed by atoms with Crippen molar-refractivity contribution < 1.29 is 14.3 Å². The Kier molecular flexibility index (Phi) is 5.77. The molecule has 5 heterocycles. The summed E-state index contributed by atoms with van der Waals surface area (Å²) < 4.78 is 5.28. The molecular weight excluding hydrogens is 471 g/mol. The minimum atomic E-state index is -0.611. The van der Waals surface area contributed by atoms with Crippen molar-refractivity contribution in [3.8, 4) is 10.6 Å². The summed E-state index contributed by atoms with van der Waals surface area (Å²) >= 11 is 6.12. The third-order valence-electron chi connectivity index (χ3n) is 4.65. The number of hydrogen-bond donors (Lipinski definition) is 0. The van der Waals surface area contributed by atoms with Crippen LogP contribution < -0.4 is 0 Å². The number of amides is 1. The first-order valence-electron chi connectivity index (χ1n) is 9.31. The largest absolute Gasteiger partial charge is 0.451 e. The van der Waals surface area contributed by atoms with Crippen molar-refractivity contribution in [2.75, 3.05) is 6.61 Å². The molecule has 1 unspecified atom stereocenters. The first-order chi connectivity index (χ1) is 15.2. The van der Waals surface area contributed by atoms with Crippen LogP contribution in [0.2, 0.25) is 0 Å². The molecule has 1 atom stereocenters. The topological polar surface area (TPSA) is 71.9 Å². The first kappa shape index (κ1) is 20.3. The number of rotatable bonds is 6.